The molecule has 1 aromatic carbocycles. The number of pyridine rings is 1. The van der Waals surface area contributed by atoms with Gasteiger partial charge in [-0.05, 0) is 54.7 Å². The fourth-order valence-corrected chi connectivity index (χ4v) is 5.09. The molecule has 170 valence electrons. The van der Waals surface area contributed by atoms with E-state index in [-0.39, 0.29) is 5.56 Å². The molecule has 4 rings (SSSR count). The molecule has 1 N–H and O–H groups in total. The van der Waals surface area contributed by atoms with E-state index < -0.39 is 27.0 Å². The summed E-state index contributed by atoms with van der Waals surface area (Å²) in [7, 11) is -3.74. The second-order valence-corrected chi connectivity index (χ2v) is 10.3. The van der Waals surface area contributed by atoms with Gasteiger partial charge in [0, 0.05) is 38.9 Å². The highest BCUT2D eigenvalue weighted by molar-refractivity contribution is 7.91. The van der Waals surface area contributed by atoms with Crippen LogP contribution in [0.15, 0.2) is 37.0 Å². The van der Waals surface area contributed by atoms with Crippen LogP contribution in [0.5, 0.6) is 0 Å². The molecule has 1 aromatic heterocycles. The number of aromatic nitrogens is 1. The number of anilines is 1. The van der Waals surface area contributed by atoms with Gasteiger partial charge < -0.3 is 4.90 Å². The second kappa shape index (κ2) is 8.99. The van der Waals surface area contributed by atoms with E-state index in [4.69, 9.17) is 0 Å². The van der Waals surface area contributed by atoms with Gasteiger partial charge in [0.25, 0.3) is 5.91 Å². The lowest BCUT2D eigenvalue weighted by Gasteiger charge is -2.35. The number of amides is 1. The van der Waals surface area contributed by atoms with Crippen molar-refractivity contribution in [3.63, 3.8) is 0 Å². The number of sulfonamides is 1. The molecule has 1 aliphatic carbocycles. The molecule has 1 saturated heterocycles. The van der Waals surface area contributed by atoms with Crippen LogP contribution in [0.1, 0.15) is 39.9 Å². The quantitative estimate of drug-likeness (QED) is 0.687. The molecule has 1 aliphatic heterocycles. The third-order valence-corrected chi connectivity index (χ3v) is 7.70. The Morgan fingerprint density at radius 3 is 2.56 bits per heavy atom. The molecule has 9 heteroatoms. The number of carbonyl (C=O) groups excluding carboxylic acids is 1. The average molecular weight is 459 g/mol. The first-order chi connectivity index (χ1) is 15.3. The van der Waals surface area contributed by atoms with Gasteiger partial charge in [0.2, 0.25) is 10.0 Å². The zero-order valence-electron chi connectivity index (χ0n) is 18.1. The van der Waals surface area contributed by atoms with Crippen LogP contribution in [-0.4, -0.2) is 55.6 Å². The predicted octanol–water partition coefficient (Wildman–Crippen LogP) is 2.72. The first-order valence-corrected chi connectivity index (χ1v) is 12.2. The number of nitrogens with one attached hydrogen (secondary N) is 1. The van der Waals surface area contributed by atoms with Gasteiger partial charge in [-0.15, -0.1) is 0 Å². The highest BCUT2D eigenvalue weighted by atomic mass is 32.2. The molecular formula is C23H27FN4O3S. The van der Waals surface area contributed by atoms with Crippen LogP contribution in [0, 0.1) is 12.7 Å². The number of halogens is 1. The average Bonchev–Trinajstić information content (AvgIpc) is 3.61. The molecular weight excluding hydrogens is 431 g/mol. The Balaban J connectivity index is 1.43. The number of piperazine rings is 1. The highest BCUT2D eigenvalue weighted by Crippen LogP contribution is 2.28. The number of hydrogen-bond donors (Lipinski definition) is 1. The largest absolute Gasteiger partial charge is 0.354 e. The lowest BCUT2D eigenvalue weighted by molar-refractivity contribution is 0.0977. The van der Waals surface area contributed by atoms with Crippen molar-refractivity contribution in [1.82, 2.24) is 14.6 Å². The Bertz CT molecular complexity index is 1120. The Kier molecular flexibility index (Phi) is 6.30. The Hall–Kier alpha value is -2.78. The zero-order valence-corrected chi connectivity index (χ0v) is 18.9. The Morgan fingerprint density at radius 2 is 1.97 bits per heavy atom. The molecule has 7 nitrogen and oxygen atoms in total. The summed E-state index contributed by atoms with van der Waals surface area (Å²) in [5.41, 5.74) is 2.15. The number of carbonyl (C=O) groups is 1. The van der Waals surface area contributed by atoms with Crippen LogP contribution >= 0.6 is 0 Å². The molecule has 1 amide bonds. The first kappa shape index (κ1) is 22.4. The molecule has 0 atom stereocenters. The van der Waals surface area contributed by atoms with Crippen LogP contribution in [0.25, 0.3) is 6.08 Å². The van der Waals surface area contributed by atoms with Gasteiger partial charge in [-0.2, -0.15) is 0 Å². The summed E-state index contributed by atoms with van der Waals surface area (Å²) in [6.07, 6.45) is 4.46. The third kappa shape index (κ3) is 4.99. The molecule has 2 aromatic rings. The van der Waals surface area contributed by atoms with Crippen LogP contribution < -0.4 is 9.62 Å². The third-order valence-electron chi connectivity index (χ3n) is 5.88. The normalized spacial score (nSPS) is 17.2. The summed E-state index contributed by atoms with van der Waals surface area (Å²) in [4.78, 5) is 21.3. The number of benzene rings is 1. The van der Waals surface area contributed by atoms with Crippen molar-refractivity contribution in [2.75, 3.05) is 31.1 Å². The van der Waals surface area contributed by atoms with Crippen molar-refractivity contribution in [1.29, 1.82) is 0 Å². The maximum Gasteiger partial charge on any atom is 0.267 e. The minimum absolute atomic E-state index is 0.289. The van der Waals surface area contributed by atoms with Crippen LogP contribution in [0.2, 0.25) is 0 Å². The maximum atomic E-state index is 14.8. The molecule has 0 unspecified atom stereocenters. The van der Waals surface area contributed by atoms with E-state index in [2.05, 4.69) is 21.4 Å². The molecule has 2 aliphatic rings. The minimum atomic E-state index is -3.74. The number of nitrogens with zero attached hydrogens (tertiary/aromatic N) is 3. The summed E-state index contributed by atoms with van der Waals surface area (Å²) in [6.45, 7) is 9.48. The summed E-state index contributed by atoms with van der Waals surface area (Å²) < 4.78 is 40.8. The van der Waals surface area contributed by atoms with Gasteiger partial charge in [-0.3, -0.25) is 9.69 Å². The predicted molar refractivity (Wildman–Crippen MR) is 122 cm³/mol. The van der Waals surface area contributed by atoms with Gasteiger partial charge in [0.1, 0.15) is 11.6 Å². The smallest absolute Gasteiger partial charge is 0.267 e. The maximum absolute atomic E-state index is 14.8. The van der Waals surface area contributed by atoms with Crippen LogP contribution in [0.3, 0.4) is 0 Å². The summed E-state index contributed by atoms with van der Waals surface area (Å²) >= 11 is 0. The molecule has 0 radical (unpaired) electrons. The summed E-state index contributed by atoms with van der Waals surface area (Å²) in [6, 6.07) is 6.75. The lowest BCUT2D eigenvalue weighted by atomic mass is 10.0. The number of rotatable bonds is 7. The topological polar surface area (TPSA) is 82.6 Å². The number of aryl methyl sites for hydroxylation is 1. The Labute approximate surface area is 188 Å². The van der Waals surface area contributed by atoms with Crippen molar-refractivity contribution in [3.05, 3.63) is 65.1 Å². The summed E-state index contributed by atoms with van der Waals surface area (Å²) in [5.74, 6) is -0.732. The van der Waals surface area contributed by atoms with Gasteiger partial charge in [-0.25, -0.2) is 22.5 Å². The number of hydrogen-bond acceptors (Lipinski definition) is 6. The molecule has 0 bridgehead atoms. The van der Waals surface area contributed by atoms with Gasteiger partial charge in [-0.1, -0.05) is 18.7 Å². The van der Waals surface area contributed by atoms with Crippen molar-refractivity contribution in [3.8, 4) is 0 Å². The first-order valence-electron chi connectivity index (χ1n) is 10.7. The van der Waals surface area contributed by atoms with E-state index in [0.29, 0.717) is 30.5 Å². The van der Waals surface area contributed by atoms with Gasteiger partial charge >= 0.3 is 0 Å². The lowest BCUT2D eigenvalue weighted by Crippen LogP contribution is -2.46. The molecule has 2 heterocycles. The highest BCUT2D eigenvalue weighted by Gasteiger charge is 2.37. The van der Waals surface area contributed by atoms with Crippen LogP contribution in [-0.2, 0) is 16.6 Å². The minimum Gasteiger partial charge on any atom is -0.354 e. The fourth-order valence-electron chi connectivity index (χ4n) is 3.80. The van der Waals surface area contributed by atoms with E-state index in [1.165, 1.54) is 12.1 Å². The van der Waals surface area contributed by atoms with Crippen molar-refractivity contribution < 1.29 is 17.6 Å². The molecule has 2 fully saturated rings. The monoisotopic (exact) mass is 458 g/mol. The summed E-state index contributed by atoms with van der Waals surface area (Å²) in [5, 5.41) is -0.554. The van der Waals surface area contributed by atoms with Crippen LogP contribution in [0.4, 0.5) is 10.2 Å². The zero-order chi connectivity index (χ0) is 22.9. The van der Waals surface area contributed by atoms with Crippen molar-refractivity contribution >= 4 is 27.8 Å². The van der Waals surface area contributed by atoms with E-state index >= 15 is 0 Å². The molecule has 1 saturated carbocycles. The van der Waals surface area contributed by atoms with E-state index in [0.717, 1.165) is 37.6 Å². The van der Waals surface area contributed by atoms with Gasteiger partial charge in [0.15, 0.2) is 0 Å². The van der Waals surface area contributed by atoms with Crippen molar-refractivity contribution in [2.24, 2.45) is 0 Å². The molecule has 32 heavy (non-hydrogen) atoms. The van der Waals surface area contributed by atoms with E-state index in [1.54, 1.807) is 6.08 Å². The van der Waals surface area contributed by atoms with Crippen molar-refractivity contribution in [2.45, 2.75) is 31.6 Å². The van der Waals surface area contributed by atoms with Gasteiger partial charge in [0.05, 0.1) is 10.8 Å². The second-order valence-electron chi connectivity index (χ2n) is 8.37. The Morgan fingerprint density at radius 1 is 1.25 bits per heavy atom. The SMILES string of the molecule is C=Cc1cc(C(=O)NS(=O)(=O)C2CC2)c(F)cc1CN1CCN(c2ccc(C)cn2)CC1. The van der Waals surface area contributed by atoms with E-state index in [1.807, 2.05) is 30.0 Å². The fraction of sp³-hybridized carbons (Fsp3) is 0.391. The van der Waals surface area contributed by atoms with E-state index in [9.17, 15) is 17.6 Å². The molecule has 0 spiro atoms. The standard InChI is InChI=1S/C23H27FN4O3S/c1-3-17-12-20(23(29)26-32(30,31)19-5-6-19)21(24)13-18(17)15-27-8-10-28(11-9-27)22-7-4-16(2)14-25-22/h3-4,7,12-14,19H,1,5-6,8-11,15H2,2H3,(H,26,29).